The fourth-order valence-corrected chi connectivity index (χ4v) is 1.52. The second-order valence-corrected chi connectivity index (χ2v) is 4.27. The van der Waals surface area contributed by atoms with Crippen LogP contribution >= 0.6 is 0 Å². The van der Waals surface area contributed by atoms with E-state index in [2.05, 4.69) is 55.4 Å². The van der Waals surface area contributed by atoms with E-state index in [9.17, 15) is 0 Å². The maximum absolute atomic E-state index is 3.16. The molecular weight excluding hydrogens is 184 g/mol. The molecule has 84 valence electrons. The van der Waals surface area contributed by atoms with Gasteiger partial charge in [-0.15, -0.1) is 0 Å². The summed E-state index contributed by atoms with van der Waals surface area (Å²) in [5.41, 5.74) is 2.69. The topological polar surface area (TPSA) is 15.3 Å². The molecule has 2 heteroatoms. The molecule has 15 heavy (non-hydrogen) atoms. The number of anilines is 1. The minimum atomic E-state index is 0.613. The first kappa shape index (κ1) is 12.1. The molecule has 2 nitrogen and oxygen atoms in total. The molecule has 1 N–H and O–H groups in total. The third kappa shape index (κ3) is 3.56. The van der Waals surface area contributed by atoms with Crippen molar-refractivity contribution in [1.82, 2.24) is 5.32 Å². The minimum Gasteiger partial charge on any atom is -0.373 e. The molecule has 0 saturated heterocycles. The molecule has 0 atom stereocenters. The molecule has 0 bridgehead atoms. The number of benzene rings is 1. The van der Waals surface area contributed by atoms with Gasteiger partial charge in [0, 0.05) is 25.8 Å². The highest BCUT2D eigenvalue weighted by molar-refractivity contribution is 5.47. The number of nitrogens with one attached hydrogen (secondary N) is 1. The Morgan fingerprint density at radius 2 is 1.80 bits per heavy atom. The first-order valence-corrected chi connectivity index (χ1v) is 5.61. The average Bonchev–Trinajstić information content (AvgIpc) is 2.26. The van der Waals surface area contributed by atoms with Crippen molar-refractivity contribution in [1.29, 1.82) is 0 Å². The van der Waals surface area contributed by atoms with Crippen LogP contribution in [-0.4, -0.2) is 27.2 Å². The molecule has 0 heterocycles. The lowest BCUT2D eigenvalue weighted by Crippen LogP contribution is -2.26. The third-order valence-electron chi connectivity index (χ3n) is 2.70. The van der Waals surface area contributed by atoms with Crippen LogP contribution in [0.25, 0.3) is 0 Å². The number of nitrogens with zero attached hydrogens (tertiary/aromatic N) is 1. The Kier molecular flexibility index (Phi) is 4.63. The van der Waals surface area contributed by atoms with Gasteiger partial charge in [-0.2, -0.15) is 0 Å². The average molecular weight is 206 g/mol. The summed E-state index contributed by atoms with van der Waals surface area (Å²) in [6.45, 7) is 6.50. The molecule has 0 unspecified atom stereocenters. The van der Waals surface area contributed by atoms with Gasteiger partial charge in [0.2, 0.25) is 0 Å². The van der Waals surface area contributed by atoms with Gasteiger partial charge in [-0.1, -0.05) is 26.0 Å². The highest BCUT2D eigenvalue weighted by atomic mass is 15.1. The first-order valence-electron chi connectivity index (χ1n) is 5.61. The molecule has 0 aliphatic heterocycles. The van der Waals surface area contributed by atoms with E-state index in [1.165, 1.54) is 11.3 Å². The smallest absolute Gasteiger partial charge is 0.0364 e. The van der Waals surface area contributed by atoms with Gasteiger partial charge in [0.15, 0.2) is 0 Å². The summed E-state index contributed by atoms with van der Waals surface area (Å²) in [6.07, 6.45) is 0. The van der Waals surface area contributed by atoms with Gasteiger partial charge in [-0.25, -0.2) is 0 Å². The predicted molar refractivity (Wildman–Crippen MR) is 67.7 cm³/mol. The van der Waals surface area contributed by atoms with Gasteiger partial charge in [0.25, 0.3) is 0 Å². The van der Waals surface area contributed by atoms with Crippen molar-refractivity contribution in [3.63, 3.8) is 0 Å². The van der Waals surface area contributed by atoms with Crippen LogP contribution in [0.2, 0.25) is 0 Å². The van der Waals surface area contributed by atoms with Crippen LogP contribution in [0, 0.1) is 0 Å². The Morgan fingerprint density at radius 1 is 1.20 bits per heavy atom. The van der Waals surface area contributed by atoms with Crippen LogP contribution in [0.4, 0.5) is 5.69 Å². The SMILES string of the molecule is CNCCN(C)c1ccc(C(C)C)cc1. The van der Waals surface area contributed by atoms with E-state index in [4.69, 9.17) is 0 Å². The Labute approximate surface area is 93.3 Å². The van der Waals surface area contributed by atoms with Crippen molar-refractivity contribution in [2.45, 2.75) is 19.8 Å². The van der Waals surface area contributed by atoms with Gasteiger partial charge in [0.1, 0.15) is 0 Å². The van der Waals surface area contributed by atoms with Gasteiger partial charge >= 0.3 is 0 Å². The molecule has 1 rings (SSSR count). The van der Waals surface area contributed by atoms with Crippen LogP contribution in [0.5, 0.6) is 0 Å². The second kappa shape index (κ2) is 5.76. The Balaban J connectivity index is 2.62. The van der Waals surface area contributed by atoms with Crippen LogP contribution in [0.3, 0.4) is 0 Å². The number of likely N-dealkylation sites (N-methyl/N-ethyl adjacent to an activating group) is 2. The fourth-order valence-electron chi connectivity index (χ4n) is 1.52. The number of hydrogen-bond acceptors (Lipinski definition) is 2. The lowest BCUT2D eigenvalue weighted by Gasteiger charge is -2.19. The molecule has 0 spiro atoms. The normalized spacial score (nSPS) is 10.7. The predicted octanol–water partition coefficient (Wildman–Crippen LogP) is 2.47. The lowest BCUT2D eigenvalue weighted by atomic mass is 10.0. The molecule has 0 fully saturated rings. The zero-order chi connectivity index (χ0) is 11.3. The minimum absolute atomic E-state index is 0.613. The molecule has 0 saturated carbocycles. The van der Waals surface area contributed by atoms with Crippen molar-refractivity contribution in [2.24, 2.45) is 0 Å². The first-order chi connectivity index (χ1) is 7.15. The quantitative estimate of drug-likeness (QED) is 0.796. The number of rotatable bonds is 5. The van der Waals surface area contributed by atoms with E-state index in [1.54, 1.807) is 0 Å². The number of hydrogen-bond donors (Lipinski definition) is 1. The zero-order valence-corrected chi connectivity index (χ0v) is 10.2. The van der Waals surface area contributed by atoms with Crippen LogP contribution in [-0.2, 0) is 0 Å². The van der Waals surface area contributed by atoms with E-state index < -0.39 is 0 Å². The van der Waals surface area contributed by atoms with Crippen LogP contribution in [0.1, 0.15) is 25.3 Å². The largest absolute Gasteiger partial charge is 0.373 e. The van der Waals surface area contributed by atoms with Gasteiger partial charge in [0.05, 0.1) is 0 Å². The summed E-state index contributed by atoms with van der Waals surface area (Å²) in [4.78, 5) is 2.26. The molecule has 0 radical (unpaired) electrons. The van der Waals surface area contributed by atoms with Gasteiger partial charge in [-0.3, -0.25) is 0 Å². The molecule has 0 aliphatic rings. The van der Waals surface area contributed by atoms with Crippen molar-refractivity contribution < 1.29 is 0 Å². The maximum atomic E-state index is 3.16. The van der Waals surface area contributed by atoms with E-state index >= 15 is 0 Å². The molecule has 1 aromatic carbocycles. The Bertz CT molecular complexity index is 277. The van der Waals surface area contributed by atoms with Crippen molar-refractivity contribution in [3.05, 3.63) is 29.8 Å². The highest BCUT2D eigenvalue weighted by Crippen LogP contribution is 2.18. The van der Waals surface area contributed by atoms with E-state index in [1.807, 2.05) is 7.05 Å². The van der Waals surface area contributed by atoms with E-state index in [0.29, 0.717) is 5.92 Å². The molecule has 0 aromatic heterocycles. The van der Waals surface area contributed by atoms with Crippen molar-refractivity contribution >= 4 is 5.69 Å². The molecule has 0 amide bonds. The van der Waals surface area contributed by atoms with Crippen LogP contribution in [0.15, 0.2) is 24.3 Å². The standard InChI is InChI=1S/C13H22N2/c1-11(2)12-5-7-13(8-6-12)15(4)10-9-14-3/h5-8,11,14H,9-10H2,1-4H3. The van der Waals surface area contributed by atoms with Crippen molar-refractivity contribution in [2.75, 3.05) is 32.1 Å². The van der Waals surface area contributed by atoms with E-state index in [-0.39, 0.29) is 0 Å². The monoisotopic (exact) mass is 206 g/mol. The van der Waals surface area contributed by atoms with E-state index in [0.717, 1.165) is 13.1 Å². The third-order valence-corrected chi connectivity index (χ3v) is 2.70. The molecular formula is C13H22N2. The van der Waals surface area contributed by atoms with Gasteiger partial charge < -0.3 is 10.2 Å². The summed E-state index contributed by atoms with van der Waals surface area (Å²) >= 11 is 0. The molecule has 1 aromatic rings. The Morgan fingerprint density at radius 3 is 2.27 bits per heavy atom. The zero-order valence-electron chi connectivity index (χ0n) is 10.2. The fraction of sp³-hybridized carbons (Fsp3) is 0.538. The highest BCUT2D eigenvalue weighted by Gasteiger charge is 2.01. The maximum Gasteiger partial charge on any atom is 0.0364 e. The summed E-state index contributed by atoms with van der Waals surface area (Å²) < 4.78 is 0. The summed E-state index contributed by atoms with van der Waals surface area (Å²) in [5.74, 6) is 0.613. The van der Waals surface area contributed by atoms with Crippen molar-refractivity contribution in [3.8, 4) is 0 Å². The van der Waals surface area contributed by atoms with Crippen LogP contribution < -0.4 is 10.2 Å². The summed E-state index contributed by atoms with van der Waals surface area (Å²) in [7, 11) is 4.11. The molecule has 0 aliphatic carbocycles. The second-order valence-electron chi connectivity index (χ2n) is 4.27. The summed E-state index contributed by atoms with van der Waals surface area (Å²) in [6, 6.07) is 8.84. The van der Waals surface area contributed by atoms with Gasteiger partial charge in [-0.05, 0) is 30.7 Å². The lowest BCUT2D eigenvalue weighted by molar-refractivity contribution is 0.767. The summed E-state index contributed by atoms with van der Waals surface area (Å²) in [5, 5.41) is 3.16. The Hall–Kier alpha value is -1.02.